The van der Waals surface area contributed by atoms with Crippen molar-refractivity contribution >= 4 is 11.6 Å². The van der Waals surface area contributed by atoms with Crippen molar-refractivity contribution in [1.29, 1.82) is 0 Å². The third-order valence-electron chi connectivity index (χ3n) is 3.64. The van der Waals surface area contributed by atoms with E-state index < -0.39 is 0 Å². The number of nitrogens with zero attached hydrogens (tertiary/aromatic N) is 2. The van der Waals surface area contributed by atoms with Gasteiger partial charge in [0.1, 0.15) is 18.6 Å². The summed E-state index contributed by atoms with van der Waals surface area (Å²) in [4.78, 5) is 9.43. The van der Waals surface area contributed by atoms with Crippen molar-refractivity contribution in [2.24, 2.45) is 10.1 Å². The maximum atomic E-state index is 6.11. The SMILES string of the molecule is CON=C(C1=NCCCO1)c1ccccc1Oc1ccccc1C. The van der Waals surface area contributed by atoms with Gasteiger partial charge in [-0.2, -0.15) is 0 Å². The molecule has 3 rings (SSSR count). The van der Waals surface area contributed by atoms with E-state index in [1.165, 1.54) is 7.11 Å². The molecule has 5 heteroatoms. The number of aryl methyl sites for hydroxylation is 1. The molecule has 0 saturated carbocycles. The molecule has 1 aliphatic heterocycles. The van der Waals surface area contributed by atoms with Crippen LogP contribution in [0.4, 0.5) is 0 Å². The van der Waals surface area contributed by atoms with Crippen LogP contribution in [0.15, 0.2) is 58.7 Å². The third-order valence-corrected chi connectivity index (χ3v) is 3.64. The maximum Gasteiger partial charge on any atom is 0.239 e. The molecule has 2 aromatic carbocycles. The molecular weight excluding hydrogens is 304 g/mol. The minimum Gasteiger partial charge on any atom is -0.476 e. The lowest BCUT2D eigenvalue weighted by Crippen LogP contribution is -2.24. The van der Waals surface area contributed by atoms with Crippen molar-refractivity contribution < 1.29 is 14.3 Å². The topological polar surface area (TPSA) is 52.4 Å². The quantitative estimate of drug-likeness (QED) is 0.618. The number of hydrogen-bond donors (Lipinski definition) is 0. The number of hydrogen-bond acceptors (Lipinski definition) is 5. The minimum absolute atomic E-state index is 0.490. The fourth-order valence-electron chi connectivity index (χ4n) is 2.44. The number of oxime groups is 1. The van der Waals surface area contributed by atoms with Gasteiger partial charge in [-0.05, 0) is 30.7 Å². The van der Waals surface area contributed by atoms with Crippen LogP contribution in [0.25, 0.3) is 0 Å². The highest BCUT2D eigenvalue weighted by atomic mass is 16.6. The van der Waals surface area contributed by atoms with E-state index in [4.69, 9.17) is 14.3 Å². The molecular formula is C19H20N2O3. The van der Waals surface area contributed by atoms with Crippen molar-refractivity contribution in [2.45, 2.75) is 13.3 Å². The molecule has 0 fully saturated rings. The standard InChI is InChI=1S/C19H20N2O3/c1-14-8-3-5-10-16(14)24-17-11-6-4-9-15(17)18(21-22-2)19-20-12-7-13-23-19/h3-6,8-11H,7,12-13H2,1-2H3. The Hall–Kier alpha value is -2.82. The molecule has 0 unspecified atom stereocenters. The number of ether oxygens (including phenoxy) is 2. The van der Waals surface area contributed by atoms with Gasteiger partial charge in [0, 0.05) is 13.0 Å². The number of aliphatic imine (C=N–C) groups is 1. The Labute approximate surface area is 141 Å². The molecule has 1 heterocycles. The highest BCUT2D eigenvalue weighted by Gasteiger charge is 2.21. The van der Waals surface area contributed by atoms with Crippen LogP contribution >= 0.6 is 0 Å². The zero-order chi connectivity index (χ0) is 16.8. The first-order valence-corrected chi connectivity index (χ1v) is 7.91. The minimum atomic E-state index is 0.490. The van der Waals surface area contributed by atoms with Crippen molar-refractivity contribution in [2.75, 3.05) is 20.3 Å². The Morgan fingerprint density at radius 3 is 2.54 bits per heavy atom. The van der Waals surface area contributed by atoms with E-state index in [0.29, 0.717) is 24.0 Å². The Morgan fingerprint density at radius 1 is 1.08 bits per heavy atom. The monoisotopic (exact) mass is 324 g/mol. The number of rotatable bonds is 5. The predicted molar refractivity (Wildman–Crippen MR) is 94.1 cm³/mol. The second-order valence-electron chi connectivity index (χ2n) is 5.38. The smallest absolute Gasteiger partial charge is 0.239 e. The molecule has 0 spiro atoms. The van der Waals surface area contributed by atoms with E-state index in [0.717, 1.165) is 29.8 Å². The first-order chi connectivity index (χ1) is 11.8. The van der Waals surface area contributed by atoms with Gasteiger partial charge >= 0.3 is 0 Å². The molecule has 0 radical (unpaired) electrons. The van der Waals surface area contributed by atoms with Crippen LogP contribution in [0.5, 0.6) is 11.5 Å². The molecule has 0 aromatic heterocycles. The molecule has 1 aliphatic rings. The maximum absolute atomic E-state index is 6.11. The summed E-state index contributed by atoms with van der Waals surface area (Å²) >= 11 is 0. The van der Waals surface area contributed by atoms with E-state index in [1.54, 1.807) is 0 Å². The number of para-hydroxylation sites is 2. The van der Waals surface area contributed by atoms with E-state index in [1.807, 2.05) is 55.5 Å². The van der Waals surface area contributed by atoms with Gasteiger partial charge in [0.2, 0.25) is 5.90 Å². The van der Waals surface area contributed by atoms with Gasteiger partial charge in [0.25, 0.3) is 0 Å². The van der Waals surface area contributed by atoms with Crippen molar-refractivity contribution in [3.8, 4) is 11.5 Å². The molecule has 0 aliphatic carbocycles. The Balaban J connectivity index is 1.99. The largest absolute Gasteiger partial charge is 0.476 e. The van der Waals surface area contributed by atoms with Crippen LogP contribution in [0.2, 0.25) is 0 Å². The highest BCUT2D eigenvalue weighted by molar-refractivity contribution is 6.46. The second-order valence-corrected chi connectivity index (χ2v) is 5.38. The summed E-state index contributed by atoms with van der Waals surface area (Å²) in [6, 6.07) is 15.5. The molecule has 0 N–H and O–H groups in total. The zero-order valence-corrected chi connectivity index (χ0v) is 13.9. The predicted octanol–water partition coefficient (Wildman–Crippen LogP) is 3.96. The van der Waals surface area contributed by atoms with Crippen molar-refractivity contribution in [1.82, 2.24) is 0 Å². The van der Waals surface area contributed by atoms with Crippen LogP contribution in [0.3, 0.4) is 0 Å². The molecule has 0 atom stereocenters. The summed E-state index contributed by atoms with van der Waals surface area (Å²) in [5.74, 6) is 1.97. The highest BCUT2D eigenvalue weighted by Crippen LogP contribution is 2.28. The first-order valence-electron chi connectivity index (χ1n) is 7.91. The molecule has 0 amide bonds. The molecule has 0 bridgehead atoms. The zero-order valence-electron chi connectivity index (χ0n) is 13.9. The van der Waals surface area contributed by atoms with Gasteiger partial charge in [-0.25, -0.2) is 4.99 Å². The molecule has 0 saturated heterocycles. The summed E-state index contributed by atoms with van der Waals surface area (Å²) < 4.78 is 11.8. The van der Waals surface area contributed by atoms with Crippen LogP contribution in [-0.4, -0.2) is 31.9 Å². The lowest BCUT2D eigenvalue weighted by molar-refractivity contribution is 0.212. The Kier molecular flexibility index (Phi) is 5.11. The Morgan fingerprint density at radius 2 is 1.83 bits per heavy atom. The number of benzene rings is 2. The van der Waals surface area contributed by atoms with Crippen LogP contribution < -0.4 is 4.74 Å². The summed E-state index contributed by atoms with van der Waals surface area (Å²) in [6.07, 6.45) is 0.908. The summed E-state index contributed by atoms with van der Waals surface area (Å²) in [5, 5.41) is 4.12. The van der Waals surface area contributed by atoms with Gasteiger partial charge in [0.15, 0.2) is 5.71 Å². The van der Waals surface area contributed by atoms with Crippen LogP contribution in [-0.2, 0) is 9.57 Å². The lowest BCUT2D eigenvalue weighted by atomic mass is 10.1. The second kappa shape index (κ2) is 7.64. The first kappa shape index (κ1) is 16.1. The summed E-state index contributed by atoms with van der Waals surface area (Å²) in [5.41, 5.74) is 2.38. The Bertz CT molecular complexity index is 769. The summed E-state index contributed by atoms with van der Waals surface area (Å²) in [7, 11) is 1.51. The lowest BCUT2D eigenvalue weighted by Gasteiger charge is -2.17. The van der Waals surface area contributed by atoms with Crippen molar-refractivity contribution in [3.05, 3.63) is 59.7 Å². The third kappa shape index (κ3) is 3.56. The van der Waals surface area contributed by atoms with Gasteiger partial charge in [-0.15, -0.1) is 0 Å². The molecule has 124 valence electrons. The van der Waals surface area contributed by atoms with Gasteiger partial charge in [-0.3, -0.25) is 0 Å². The van der Waals surface area contributed by atoms with E-state index in [-0.39, 0.29) is 0 Å². The van der Waals surface area contributed by atoms with E-state index in [2.05, 4.69) is 10.1 Å². The van der Waals surface area contributed by atoms with Gasteiger partial charge in [-0.1, -0.05) is 35.5 Å². The molecule has 2 aromatic rings. The molecule has 5 nitrogen and oxygen atoms in total. The van der Waals surface area contributed by atoms with Gasteiger partial charge < -0.3 is 14.3 Å². The fraction of sp³-hybridized carbons (Fsp3) is 0.263. The summed E-state index contributed by atoms with van der Waals surface area (Å²) in [6.45, 7) is 3.36. The average Bonchev–Trinajstić information content (AvgIpc) is 2.63. The average molecular weight is 324 g/mol. The molecule has 24 heavy (non-hydrogen) atoms. The van der Waals surface area contributed by atoms with Gasteiger partial charge in [0.05, 0.1) is 12.2 Å². The fourth-order valence-corrected chi connectivity index (χ4v) is 2.44. The van der Waals surface area contributed by atoms with E-state index in [9.17, 15) is 0 Å². The van der Waals surface area contributed by atoms with Crippen LogP contribution in [0, 0.1) is 6.92 Å². The van der Waals surface area contributed by atoms with E-state index >= 15 is 0 Å². The van der Waals surface area contributed by atoms with Crippen molar-refractivity contribution in [3.63, 3.8) is 0 Å². The normalized spacial score (nSPS) is 14.6. The van der Waals surface area contributed by atoms with Crippen LogP contribution in [0.1, 0.15) is 17.5 Å².